The fourth-order valence-electron chi connectivity index (χ4n) is 3.27. The lowest BCUT2D eigenvalue weighted by Crippen LogP contribution is -2.58. The second kappa shape index (κ2) is 13.2. The predicted molar refractivity (Wildman–Crippen MR) is 123 cm³/mol. The van der Waals surface area contributed by atoms with Crippen LogP contribution in [0.3, 0.4) is 0 Å². The Balaban J connectivity index is 2.08. The second-order valence-corrected chi connectivity index (χ2v) is 8.50. The fourth-order valence-corrected chi connectivity index (χ4v) is 3.27. The van der Waals surface area contributed by atoms with Crippen LogP contribution >= 0.6 is 0 Å². The summed E-state index contributed by atoms with van der Waals surface area (Å²) in [6.45, 7) is 3.01. The highest BCUT2D eigenvalue weighted by Gasteiger charge is 2.30. The van der Waals surface area contributed by atoms with Crippen LogP contribution in [0.15, 0.2) is 25.0 Å². The van der Waals surface area contributed by atoms with Crippen LogP contribution in [0.1, 0.15) is 31.7 Å². The van der Waals surface area contributed by atoms with E-state index in [2.05, 4.69) is 35.9 Å². The van der Waals surface area contributed by atoms with Gasteiger partial charge >= 0.3 is 5.97 Å². The van der Waals surface area contributed by atoms with Gasteiger partial charge in [-0.15, -0.1) is 0 Å². The zero-order valence-electron chi connectivity index (χ0n) is 19.5. The smallest absolute Gasteiger partial charge is 0.326 e. The number of rotatable bonds is 14. The maximum Gasteiger partial charge on any atom is 0.326 e. The first-order valence-corrected chi connectivity index (χ1v) is 11.1. The van der Waals surface area contributed by atoms with Gasteiger partial charge in [-0.25, -0.2) is 14.8 Å². The van der Waals surface area contributed by atoms with Crippen LogP contribution in [0.4, 0.5) is 0 Å². The number of aromatic nitrogens is 4. The van der Waals surface area contributed by atoms with Gasteiger partial charge < -0.3 is 41.9 Å². The number of imidazole rings is 2. The van der Waals surface area contributed by atoms with Crippen molar-refractivity contribution in [1.82, 2.24) is 35.9 Å². The van der Waals surface area contributed by atoms with Crippen molar-refractivity contribution in [3.8, 4) is 0 Å². The van der Waals surface area contributed by atoms with E-state index in [-0.39, 0.29) is 18.8 Å². The molecule has 0 aliphatic heterocycles. The van der Waals surface area contributed by atoms with Crippen molar-refractivity contribution in [2.75, 3.05) is 6.61 Å². The van der Waals surface area contributed by atoms with Gasteiger partial charge in [0, 0.05) is 36.6 Å². The van der Waals surface area contributed by atoms with Crippen LogP contribution in [0.5, 0.6) is 0 Å². The van der Waals surface area contributed by atoms with E-state index in [1.165, 1.54) is 25.0 Å². The van der Waals surface area contributed by atoms with E-state index < -0.39 is 54.5 Å². The molecule has 35 heavy (non-hydrogen) atoms. The number of carbonyl (C=O) groups excluding carboxylic acids is 3. The molecule has 2 aromatic heterocycles. The number of hydrogen-bond acceptors (Lipinski definition) is 8. The topological polar surface area (TPSA) is 228 Å². The molecule has 0 saturated heterocycles. The lowest BCUT2D eigenvalue weighted by Gasteiger charge is -2.24. The zero-order valence-corrected chi connectivity index (χ0v) is 19.5. The number of aromatic amines is 2. The molecule has 4 atom stereocenters. The third-order valence-corrected chi connectivity index (χ3v) is 5.08. The highest BCUT2D eigenvalue weighted by atomic mass is 16.4. The van der Waals surface area contributed by atoms with Gasteiger partial charge in [0.25, 0.3) is 0 Å². The Morgan fingerprint density at radius 1 is 0.886 bits per heavy atom. The SMILES string of the molecule is CC(C)CC(N)C(=O)NC(Cc1cnc[nH]1)C(=O)NC(CO)C(=O)NC(Cc1cnc[nH]1)C(=O)O. The molecule has 0 aliphatic carbocycles. The number of amides is 3. The summed E-state index contributed by atoms with van der Waals surface area (Å²) in [5.74, 6) is -3.37. The molecule has 0 aliphatic rings. The van der Waals surface area contributed by atoms with Crippen LogP contribution in [0.2, 0.25) is 0 Å². The average molecular weight is 493 g/mol. The average Bonchev–Trinajstić information content (AvgIpc) is 3.50. The molecule has 4 unspecified atom stereocenters. The first-order chi connectivity index (χ1) is 16.6. The number of nitrogens with one attached hydrogen (secondary N) is 5. The van der Waals surface area contributed by atoms with Crippen LogP contribution < -0.4 is 21.7 Å². The van der Waals surface area contributed by atoms with E-state index in [9.17, 15) is 29.4 Å². The van der Waals surface area contributed by atoms with Gasteiger partial charge in [0.2, 0.25) is 17.7 Å². The van der Waals surface area contributed by atoms with Crippen molar-refractivity contribution in [1.29, 1.82) is 0 Å². The van der Waals surface area contributed by atoms with Crippen LogP contribution in [0, 0.1) is 5.92 Å². The van der Waals surface area contributed by atoms with Gasteiger partial charge in [-0.3, -0.25) is 14.4 Å². The Labute approximate surface area is 201 Å². The second-order valence-electron chi connectivity index (χ2n) is 8.50. The Bertz CT molecular complexity index is 963. The predicted octanol–water partition coefficient (Wildman–Crippen LogP) is -2.18. The van der Waals surface area contributed by atoms with Gasteiger partial charge in [-0.05, 0) is 12.3 Å². The minimum Gasteiger partial charge on any atom is -0.480 e. The molecule has 0 radical (unpaired) electrons. The summed E-state index contributed by atoms with van der Waals surface area (Å²) in [5, 5.41) is 26.4. The number of nitrogens with zero attached hydrogens (tertiary/aromatic N) is 2. The van der Waals surface area contributed by atoms with E-state index in [1.807, 2.05) is 13.8 Å². The van der Waals surface area contributed by atoms with Crippen molar-refractivity contribution < 1.29 is 29.4 Å². The molecule has 3 amide bonds. The third kappa shape index (κ3) is 8.83. The summed E-state index contributed by atoms with van der Waals surface area (Å²) in [5.41, 5.74) is 6.94. The zero-order chi connectivity index (χ0) is 26.0. The maximum atomic E-state index is 13.0. The maximum absolute atomic E-state index is 13.0. The van der Waals surface area contributed by atoms with Crippen molar-refractivity contribution in [2.24, 2.45) is 11.7 Å². The molecule has 14 heteroatoms. The van der Waals surface area contributed by atoms with Crippen molar-refractivity contribution in [2.45, 2.75) is 57.3 Å². The quantitative estimate of drug-likeness (QED) is 0.143. The van der Waals surface area contributed by atoms with Crippen molar-refractivity contribution in [3.63, 3.8) is 0 Å². The molecule has 2 rings (SSSR count). The molecule has 0 saturated carbocycles. The number of hydrogen-bond donors (Lipinski definition) is 8. The largest absolute Gasteiger partial charge is 0.480 e. The van der Waals surface area contributed by atoms with Crippen LogP contribution in [-0.4, -0.2) is 84.6 Å². The minimum absolute atomic E-state index is 0.0172. The number of aliphatic carboxylic acids is 1. The van der Waals surface area contributed by atoms with Gasteiger partial charge in [0.05, 0.1) is 25.3 Å². The summed E-state index contributed by atoms with van der Waals surface area (Å²) in [6.07, 6.45) is 6.01. The molecule has 2 aromatic rings. The van der Waals surface area contributed by atoms with E-state index in [1.54, 1.807) is 0 Å². The van der Waals surface area contributed by atoms with E-state index >= 15 is 0 Å². The van der Waals surface area contributed by atoms with Crippen LogP contribution in [0.25, 0.3) is 0 Å². The number of carboxylic acids is 1. The van der Waals surface area contributed by atoms with Gasteiger partial charge in [-0.1, -0.05) is 13.8 Å². The Morgan fingerprint density at radius 3 is 1.83 bits per heavy atom. The molecule has 14 nitrogen and oxygen atoms in total. The molecule has 9 N–H and O–H groups in total. The summed E-state index contributed by atoms with van der Waals surface area (Å²) in [7, 11) is 0. The van der Waals surface area contributed by atoms with E-state index in [0.717, 1.165) is 0 Å². The number of nitrogens with two attached hydrogens (primary N) is 1. The first kappa shape index (κ1) is 27.5. The number of aliphatic hydroxyl groups excluding tert-OH is 1. The molecule has 192 valence electrons. The monoisotopic (exact) mass is 492 g/mol. The van der Waals surface area contributed by atoms with Gasteiger partial charge in [-0.2, -0.15) is 0 Å². The summed E-state index contributed by atoms with van der Waals surface area (Å²) < 4.78 is 0. The number of carbonyl (C=O) groups is 4. The molecule has 0 bridgehead atoms. The summed E-state index contributed by atoms with van der Waals surface area (Å²) in [4.78, 5) is 63.0. The normalized spacial score (nSPS) is 14.5. The van der Waals surface area contributed by atoms with Gasteiger partial charge in [0.1, 0.15) is 18.1 Å². The minimum atomic E-state index is -1.46. The molecular formula is C21H32N8O6. The first-order valence-electron chi connectivity index (χ1n) is 11.1. The molecule has 2 heterocycles. The standard InChI is InChI=1S/C21H32N8O6/c1-11(2)3-14(22)18(31)27-15(4-12-6-23-9-25-12)19(32)29-17(8-30)20(33)28-16(21(34)35)5-13-7-24-10-26-13/h6-7,9-11,14-17,30H,3-5,8,22H2,1-2H3,(H,23,25)(H,24,26)(H,27,31)(H,28,33)(H,29,32)(H,34,35). The van der Waals surface area contributed by atoms with Crippen molar-refractivity contribution in [3.05, 3.63) is 36.4 Å². The number of carboxylic acid groups (broad SMARTS) is 1. The Hall–Kier alpha value is -3.78. The van der Waals surface area contributed by atoms with E-state index in [0.29, 0.717) is 17.8 Å². The molecular weight excluding hydrogens is 460 g/mol. The highest BCUT2D eigenvalue weighted by Crippen LogP contribution is 2.06. The molecule has 0 aromatic carbocycles. The highest BCUT2D eigenvalue weighted by molar-refractivity contribution is 5.94. The number of H-pyrrole nitrogens is 2. The van der Waals surface area contributed by atoms with Gasteiger partial charge in [0.15, 0.2) is 0 Å². The summed E-state index contributed by atoms with van der Waals surface area (Å²) in [6, 6.07) is -4.77. The lowest BCUT2D eigenvalue weighted by atomic mass is 10.0. The Morgan fingerprint density at radius 2 is 1.37 bits per heavy atom. The third-order valence-electron chi connectivity index (χ3n) is 5.08. The summed E-state index contributed by atoms with van der Waals surface area (Å²) >= 11 is 0. The molecule has 0 fully saturated rings. The van der Waals surface area contributed by atoms with Crippen molar-refractivity contribution >= 4 is 23.7 Å². The Kier molecular flexibility index (Phi) is 10.4. The lowest BCUT2D eigenvalue weighted by molar-refractivity contribution is -0.142. The number of aliphatic hydroxyl groups is 1. The molecule has 0 spiro atoms. The van der Waals surface area contributed by atoms with Crippen LogP contribution in [-0.2, 0) is 32.0 Å². The van der Waals surface area contributed by atoms with E-state index in [4.69, 9.17) is 5.73 Å². The fraction of sp³-hybridized carbons (Fsp3) is 0.524.